The van der Waals surface area contributed by atoms with Crippen molar-refractivity contribution in [3.8, 4) is 0 Å². The number of hydrogen-bond acceptors (Lipinski definition) is 6. The average molecular weight is 432 g/mol. The number of rotatable bonds is 3. The Morgan fingerprint density at radius 3 is 2.65 bits per heavy atom. The van der Waals surface area contributed by atoms with Crippen LogP contribution in [0.5, 0.6) is 0 Å². The van der Waals surface area contributed by atoms with E-state index in [-0.39, 0.29) is 24.9 Å². The van der Waals surface area contributed by atoms with Gasteiger partial charge in [0.05, 0.1) is 31.0 Å². The lowest BCUT2D eigenvalue weighted by Crippen LogP contribution is -2.40. The van der Waals surface area contributed by atoms with Crippen molar-refractivity contribution in [3.05, 3.63) is 41.5 Å². The maximum atomic E-state index is 13.1. The van der Waals surface area contributed by atoms with Crippen molar-refractivity contribution in [3.63, 3.8) is 0 Å². The molecule has 3 aromatic rings. The Morgan fingerprint density at radius 1 is 1.13 bits per heavy atom. The first-order valence-electron chi connectivity index (χ1n) is 10.3. The summed E-state index contributed by atoms with van der Waals surface area (Å²) in [5, 5.41) is 4.94. The lowest BCUT2D eigenvalue weighted by Gasteiger charge is -2.37. The number of pyridine rings is 1. The van der Waals surface area contributed by atoms with E-state index in [4.69, 9.17) is 9.72 Å². The normalized spacial score (nSPS) is 24.4. The van der Waals surface area contributed by atoms with Crippen molar-refractivity contribution >= 4 is 17.0 Å². The van der Waals surface area contributed by atoms with Gasteiger partial charge in [-0.2, -0.15) is 23.3 Å². The molecule has 10 heteroatoms. The summed E-state index contributed by atoms with van der Waals surface area (Å²) in [6.45, 7) is 3.51. The minimum atomic E-state index is -4.15. The molecule has 3 aromatic heterocycles. The van der Waals surface area contributed by atoms with E-state index in [1.165, 1.54) is 0 Å². The zero-order valence-corrected chi connectivity index (χ0v) is 17.3. The molecule has 164 valence electrons. The van der Waals surface area contributed by atoms with Crippen LogP contribution in [0.25, 0.3) is 11.0 Å². The molecule has 2 fully saturated rings. The van der Waals surface area contributed by atoms with Crippen LogP contribution in [-0.4, -0.2) is 50.6 Å². The van der Waals surface area contributed by atoms with Crippen LogP contribution in [0.4, 0.5) is 19.1 Å². The molecule has 0 spiro atoms. The predicted molar refractivity (Wildman–Crippen MR) is 108 cm³/mol. The molecule has 1 aliphatic heterocycles. The molecule has 0 N–H and O–H groups in total. The molecule has 1 saturated carbocycles. The van der Waals surface area contributed by atoms with Gasteiger partial charge in [0.2, 0.25) is 5.95 Å². The highest BCUT2D eigenvalue weighted by Crippen LogP contribution is 2.50. The molecule has 0 radical (unpaired) electrons. The molecule has 1 atom stereocenters. The van der Waals surface area contributed by atoms with Gasteiger partial charge in [0.1, 0.15) is 6.10 Å². The number of alkyl halides is 3. The fourth-order valence-corrected chi connectivity index (χ4v) is 4.32. The van der Waals surface area contributed by atoms with Crippen molar-refractivity contribution < 1.29 is 17.9 Å². The monoisotopic (exact) mass is 432 g/mol. The van der Waals surface area contributed by atoms with E-state index in [1.54, 1.807) is 10.9 Å². The van der Waals surface area contributed by atoms with Crippen LogP contribution in [0.2, 0.25) is 0 Å². The number of morpholine rings is 1. The van der Waals surface area contributed by atoms with Crippen LogP contribution in [0.15, 0.2) is 24.5 Å². The maximum absolute atomic E-state index is 13.1. The summed E-state index contributed by atoms with van der Waals surface area (Å²) in [5.74, 6) is -1.01. The zero-order chi connectivity index (χ0) is 21.8. The highest BCUT2D eigenvalue weighted by Gasteiger charge is 2.49. The van der Waals surface area contributed by atoms with Gasteiger partial charge < -0.3 is 9.64 Å². The van der Waals surface area contributed by atoms with Crippen molar-refractivity contribution in [2.24, 2.45) is 13.0 Å². The first-order valence-corrected chi connectivity index (χ1v) is 10.3. The summed E-state index contributed by atoms with van der Waals surface area (Å²) in [5.41, 5.74) is 2.96. The first-order chi connectivity index (χ1) is 14.8. The van der Waals surface area contributed by atoms with Crippen molar-refractivity contribution in [2.75, 3.05) is 24.6 Å². The van der Waals surface area contributed by atoms with Crippen LogP contribution >= 0.6 is 0 Å². The van der Waals surface area contributed by atoms with Gasteiger partial charge >= 0.3 is 6.18 Å². The molecular formula is C21H23F3N6O. The van der Waals surface area contributed by atoms with E-state index in [0.29, 0.717) is 37.0 Å². The predicted octanol–water partition coefficient (Wildman–Crippen LogP) is 3.70. The number of fused-ring (bicyclic) bond motifs is 1. The Balaban J connectivity index is 1.47. The lowest BCUT2D eigenvalue weighted by molar-refractivity contribution is -0.197. The number of aromatic nitrogens is 5. The number of halogens is 3. The van der Waals surface area contributed by atoms with Crippen molar-refractivity contribution in [1.29, 1.82) is 0 Å². The van der Waals surface area contributed by atoms with Gasteiger partial charge in [0, 0.05) is 42.4 Å². The minimum Gasteiger partial charge on any atom is -0.370 e. The molecule has 0 aromatic carbocycles. The molecule has 4 heterocycles. The zero-order valence-electron chi connectivity index (χ0n) is 17.3. The van der Waals surface area contributed by atoms with Gasteiger partial charge in [-0.15, -0.1) is 0 Å². The summed E-state index contributed by atoms with van der Waals surface area (Å²) < 4.78 is 46.8. The smallest absolute Gasteiger partial charge is 0.370 e. The van der Waals surface area contributed by atoms with E-state index in [0.717, 1.165) is 16.6 Å². The Morgan fingerprint density at radius 2 is 1.94 bits per heavy atom. The molecule has 7 nitrogen and oxygen atoms in total. The first kappa shape index (κ1) is 20.2. The largest absolute Gasteiger partial charge is 0.391 e. The van der Waals surface area contributed by atoms with Gasteiger partial charge in [-0.05, 0) is 31.9 Å². The number of aryl methyl sites for hydroxylation is 2. The molecule has 1 aliphatic carbocycles. The maximum Gasteiger partial charge on any atom is 0.391 e. The van der Waals surface area contributed by atoms with E-state index in [9.17, 15) is 13.2 Å². The Hall–Kier alpha value is -2.75. The van der Waals surface area contributed by atoms with Gasteiger partial charge in [0.25, 0.3) is 0 Å². The number of ether oxygens (including phenoxy) is 1. The number of nitrogens with zero attached hydrogens (tertiary/aromatic N) is 6. The summed E-state index contributed by atoms with van der Waals surface area (Å²) >= 11 is 0. The molecule has 0 bridgehead atoms. The van der Waals surface area contributed by atoms with E-state index < -0.39 is 12.1 Å². The minimum absolute atomic E-state index is 0.0599. The molecule has 0 amide bonds. The fraction of sp³-hybridized carbons (Fsp3) is 0.524. The standard InChI is InChI=1S/C21H23F3N6O/c1-12-3-4-16-18(13-7-15(8-13)21(22,23)24)27-20(28-19(16)26-12)30-5-6-31-17(11-30)14-9-25-29(2)10-14/h3-4,9-10,13,15,17H,5-8,11H2,1-2H3. The second-order valence-corrected chi connectivity index (χ2v) is 8.39. The van der Waals surface area contributed by atoms with Gasteiger partial charge in [0.15, 0.2) is 5.65 Å². The molecule has 31 heavy (non-hydrogen) atoms. The van der Waals surface area contributed by atoms with Crippen molar-refractivity contribution in [1.82, 2.24) is 24.7 Å². The lowest BCUT2D eigenvalue weighted by atomic mass is 9.72. The summed E-state index contributed by atoms with van der Waals surface area (Å²) in [4.78, 5) is 16.0. The summed E-state index contributed by atoms with van der Waals surface area (Å²) in [6, 6.07) is 3.72. The van der Waals surface area contributed by atoms with Gasteiger partial charge in [-0.3, -0.25) is 4.68 Å². The van der Waals surface area contributed by atoms with Crippen LogP contribution in [0, 0.1) is 12.8 Å². The topological polar surface area (TPSA) is 69.0 Å². The number of hydrogen-bond donors (Lipinski definition) is 0. The third-order valence-corrected chi connectivity index (χ3v) is 6.15. The Labute approximate surface area is 177 Å². The van der Waals surface area contributed by atoms with Gasteiger partial charge in [-0.25, -0.2) is 9.97 Å². The SMILES string of the molecule is Cc1ccc2c(C3CC(C(F)(F)F)C3)nc(N3CCOC(c4cnn(C)c4)C3)nc2n1. The van der Waals surface area contributed by atoms with Gasteiger partial charge in [-0.1, -0.05) is 0 Å². The molecule has 5 rings (SSSR count). The fourth-order valence-electron chi connectivity index (χ4n) is 4.32. The highest BCUT2D eigenvalue weighted by atomic mass is 19.4. The molecule has 2 aliphatic rings. The second-order valence-electron chi connectivity index (χ2n) is 8.39. The van der Waals surface area contributed by atoms with Crippen molar-refractivity contribution in [2.45, 2.75) is 38.0 Å². The van der Waals surface area contributed by atoms with Crippen LogP contribution in [0.1, 0.15) is 41.8 Å². The second kappa shape index (κ2) is 7.44. The van der Waals surface area contributed by atoms with Crippen LogP contribution in [0.3, 0.4) is 0 Å². The van der Waals surface area contributed by atoms with E-state index in [1.807, 2.05) is 37.2 Å². The molecule has 1 saturated heterocycles. The highest BCUT2D eigenvalue weighted by molar-refractivity contribution is 5.79. The quantitative estimate of drug-likeness (QED) is 0.629. The molecular weight excluding hydrogens is 409 g/mol. The third-order valence-electron chi connectivity index (χ3n) is 6.15. The average Bonchev–Trinajstić information content (AvgIpc) is 3.12. The summed E-state index contributed by atoms with van der Waals surface area (Å²) in [6.07, 6.45) is -0.518. The number of anilines is 1. The third kappa shape index (κ3) is 3.84. The molecule has 1 unspecified atom stereocenters. The van der Waals surface area contributed by atoms with E-state index >= 15 is 0 Å². The van der Waals surface area contributed by atoms with E-state index in [2.05, 4.69) is 15.1 Å². The van der Waals surface area contributed by atoms with Crippen LogP contribution in [-0.2, 0) is 11.8 Å². The summed E-state index contributed by atoms with van der Waals surface area (Å²) in [7, 11) is 1.85. The Bertz CT molecular complexity index is 1110. The Kier molecular flexibility index (Phi) is 4.84. The van der Waals surface area contributed by atoms with Crippen LogP contribution < -0.4 is 4.90 Å².